The van der Waals surface area contributed by atoms with Crippen molar-refractivity contribution in [1.82, 2.24) is 15.1 Å². The molecule has 1 amide bonds. The molecule has 0 atom stereocenters. The minimum atomic E-state index is -0.194. The van der Waals surface area contributed by atoms with Crippen LogP contribution >= 0.6 is 0 Å². The number of carbonyl (C=O) groups is 1. The van der Waals surface area contributed by atoms with E-state index in [0.29, 0.717) is 37.4 Å². The maximum Gasteiger partial charge on any atom is 0.266 e. The largest absolute Gasteiger partial charge is 0.463 e. The van der Waals surface area contributed by atoms with Crippen LogP contribution in [0.1, 0.15) is 24.0 Å². The van der Waals surface area contributed by atoms with E-state index in [9.17, 15) is 9.59 Å². The molecule has 1 N–H and O–H groups in total. The zero-order chi connectivity index (χ0) is 18.4. The summed E-state index contributed by atoms with van der Waals surface area (Å²) < 4.78 is 6.66. The number of hydrogen-bond acceptors (Lipinski definition) is 4. The summed E-state index contributed by atoms with van der Waals surface area (Å²) in [6.45, 7) is 2.91. The van der Waals surface area contributed by atoms with E-state index in [1.807, 2.05) is 31.2 Å². The van der Waals surface area contributed by atoms with E-state index in [1.165, 1.54) is 16.3 Å². The van der Waals surface area contributed by atoms with Gasteiger partial charge in [-0.2, -0.15) is 5.10 Å². The van der Waals surface area contributed by atoms with Gasteiger partial charge in [-0.15, -0.1) is 0 Å². The molecule has 0 aliphatic heterocycles. The van der Waals surface area contributed by atoms with E-state index in [2.05, 4.69) is 10.4 Å². The molecule has 26 heavy (non-hydrogen) atoms. The van der Waals surface area contributed by atoms with E-state index >= 15 is 0 Å². The van der Waals surface area contributed by atoms with Gasteiger partial charge in [0, 0.05) is 25.6 Å². The Morgan fingerprint density at radius 3 is 2.69 bits per heavy atom. The maximum atomic E-state index is 12.0. The molecular weight excluding hydrogens is 330 g/mol. The molecule has 6 nitrogen and oxygen atoms in total. The summed E-state index contributed by atoms with van der Waals surface area (Å²) in [4.78, 5) is 23.9. The summed E-state index contributed by atoms with van der Waals surface area (Å²) >= 11 is 0. The minimum Gasteiger partial charge on any atom is -0.463 e. The van der Waals surface area contributed by atoms with Crippen LogP contribution in [0.15, 0.2) is 64.0 Å². The lowest BCUT2D eigenvalue weighted by molar-refractivity contribution is -0.121. The third-order valence-corrected chi connectivity index (χ3v) is 4.02. The first kappa shape index (κ1) is 17.7. The number of nitrogens with one attached hydrogen (secondary N) is 1. The quantitative estimate of drug-likeness (QED) is 0.710. The molecule has 2 heterocycles. The van der Waals surface area contributed by atoms with Crippen molar-refractivity contribution >= 4 is 5.91 Å². The van der Waals surface area contributed by atoms with Gasteiger partial charge in [0.05, 0.1) is 6.26 Å². The van der Waals surface area contributed by atoms with E-state index in [1.54, 1.807) is 24.5 Å². The molecule has 6 heteroatoms. The van der Waals surface area contributed by atoms with Crippen molar-refractivity contribution in [3.05, 3.63) is 76.3 Å². The maximum absolute atomic E-state index is 12.0. The van der Waals surface area contributed by atoms with E-state index in [0.717, 1.165) is 5.56 Å². The van der Waals surface area contributed by atoms with Crippen LogP contribution in [0.3, 0.4) is 0 Å². The highest BCUT2D eigenvalue weighted by molar-refractivity contribution is 5.75. The summed E-state index contributed by atoms with van der Waals surface area (Å²) in [7, 11) is 0. The molecule has 3 aromatic rings. The lowest BCUT2D eigenvalue weighted by atomic mass is 10.1. The Morgan fingerprint density at radius 1 is 1.15 bits per heavy atom. The highest BCUT2D eigenvalue weighted by Crippen LogP contribution is 2.15. The summed E-state index contributed by atoms with van der Waals surface area (Å²) in [5.74, 6) is 0.565. The molecule has 0 radical (unpaired) electrons. The Kier molecular flexibility index (Phi) is 5.63. The molecule has 3 rings (SSSR count). The SMILES string of the molecule is Cc1ccc(CNC(=O)CCCn2nc(-c3ccco3)ccc2=O)cc1. The van der Waals surface area contributed by atoms with Crippen molar-refractivity contribution in [1.29, 1.82) is 0 Å². The Balaban J connectivity index is 1.49. The fourth-order valence-electron chi connectivity index (χ4n) is 2.55. The van der Waals surface area contributed by atoms with Crippen LogP contribution in [0.5, 0.6) is 0 Å². The van der Waals surface area contributed by atoms with Gasteiger partial charge >= 0.3 is 0 Å². The average Bonchev–Trinajstić information content (AvgIpc) is 3.17. The highest BCUT2D eigenvalue weighted by atomic mass is 16.3. The lowest BCUT2D eigenvalue weighted by Crippen LogP contribution is -2.25. The summed E-state index contributed by atoms with van der Waals surface area (Å²) in [6, 6.07) is 14.7. The smallest absolute Gasteiger partial charge is 0.266 e. The first-order chi connectivity index (χ1) is 12.6. The van der Waals surface area contributed by atoms with Crippen molar-refractivity contribution in [3.63, 3.8) is 0 Å². The first-order valence-electron chi connectivity index (χ1n) is 8.56. The Bertz CT molecular complexity index is 912. The number of amides is 1. The average molecular weight is 351 g/mol. The van der Waals surface area contributed by atoms with Gasteiger partial charge in [0.15, 0.2) is 5.76 Å². The molecule has 134 valence electrons. The van der Waals surface area contributed by atoms with Crippen molar-refractivity contribution in [3.8, 4) is 11.5 Å². The minimum absolute atomic E-state index is 0.0409. The van der Waals surface area contributed by atoms with Gasteiger partial charge in [0.2, 0.25) is 5.91 Å². The number of benzene rings is 1. The molecule has 0 unspecified atom stereocenters. The molecule has 0 saturated heterocycles. The van der Waals surface area contributed by atoms with E-state index in [4.69, 9.17) is 4.42 Å². The Hall–Kier alpha value is -3.15. The third-order valence-electron chi connectivity index (χ3n) is 4.02. The second-order valence-corrected chi connectivity index (χ2v) is 6.12. The number of carbonyl (C=O) groups excluding carboxylic acids is 1. The van der Waals surface area contributed by atoms with Gasteiger partial charge in [-0.05, 0) is 37.1 Å². The zero-order valence-corrected chi connectivity index (χ0v) is 14.6. The summed E-state index contributed by atoms with van der Waals surface area (Å²) in [5, 5.41) is 7.18. The van der Waals surface area contributed by atoms with Crippen LogP contribution in [0.25, 0.3) is 11.5 Å². The number of hydrogen-bond donors (Lipinski definition) is 1. The zero-order valence-electron chi connectivity index (χ0n) is 14.6. The standard InChI is InChI=1S/C20H21N3O3/c1-15-6-8-16(9-7-15)14-21-19(24)5-2-12-23-20(25)11-10-17(22-23)18-4-3-13-26-18/h3-4,6-11,13H,2,5,12,14H2,1H3,(H,21,24). The molecular formula is C20H21N3O3. The Morgan fingerprint density at radius 2 is 1.96 bits per heavy atom. The van der Waals surface area contributed by atoms with Crippen LogP contribution in [-0.2, 0) is 17.9 Å². The number of aromatic nitrogens is 2. The van der Waals surface area contributed by atoms with Crippen molar-refractivity contribution in [2.24, 2.45) is 0 Å². The molecule has 2 aromatic heterocycles. The van der Waals surface area contributed by atoms with E-state index < -0.39 is 0 Å². The number of nitrogens with zero attached hydrogens (tertiary/aromatic N) is 2. The number of furan rings is 1. The van der Waals surface area contributed by atoms with Crippen molar-refractivity contribution in [2.45, 2.75) is 32.9 Å². The van der Waals surface area contributed by atoms with Crippen LogP contribution < -0.4 is 10.9 Å². The van der Waals surface area contributed by atoms with Crippen LogP contribution in [0.4, 0.5) is 0 Å². The van der Waals surface area contributed by atoms with Gasteiger partial charge in [0.1, 0.15) is 5.69 Å². The number of aryl methyl sites for hydroxylation is 2. The van der Waals surface area contributed by atoms with Crippen molar-refractivity contribution < 1.29 is 9.21 Å². The van der Waals surface area contributed by atoms with Crippen molar-refractivity contribution in [2.75, 3.05) is 0 Å². The lowest BCUT2D eigenvalue weighted by Gasteiger charge is -2.07. The van der Waals surface area contributed by atoms with Gasteiger partial charge in [-0.1, -0.05) is 29.8 Å². The van der Waals surface area contributed by atoms with Gasteiger partial charge < -0.3 is 9.73 Å². The third kappa shape index (κ3) is 4.69. The van der Waals surface area contributed by atoms with Crippen LogP contribution in [0, 0.1) is 6.92 Å². The molecule has 0 spiro atoms. The molecule has 1 aromatic carbocycles. The topological polar surface area (TPSA) is 77.1 Å². The molecule has 0 aliphatic rings. The van der Waals surface area contributed by atoms with Gasteiger partial charge in [0.25, 0.3) is 5.56 Å². The van der Waals surface area contributed by atoms with Crippen LogP contribution in [-0.4, -0.2) is 15.7 Å². The normalized spacial score (nSPS) is 10.7. The Labute approximate surface area is 151 Å². The summed E-state index contributed by atoms with van der Waals surface area (Å²) in [5.41, 5.74) is 2.65. The number of rotatable bonds is 7. The predicted octanol–water partition coefficient (Wildman–Crippen LogP) is 2.91. The second-order valence-electron chi connectivity index (χ2n) is 6.12. The predicted molar refractivity (Wildman–Crippen MR) is 98.5 cm³/mol. The van der Waals surface area contributed by atoms with Gasteiger partial charge in [-0.25, -0.2) is 4.68 Å². The first-order valence-corrected chi connectivity index (χ1v) is 8.56. The molecule has 0 saturated carbocycles. The monoisotopic (exact) mass is 351 g/mol. The second kappa shape index (κ2) is 8.29. The fourth-order valence-corrected chi connectivity index (χ4v) is 2.55. The highest BCUT2D eigenvalue weighted by Gasteiger charge is 2.07. The van der Waals surface area contributed by atoms with E-state index in [-0.39, 0.29) is 11.5 Å². The van der Waals surface area contributed by atoms with Gasteiger partial charge in [-0.3, -0.25) is 9.59 Å². The molecule has 0 fully saturated rings. The van der Waals surface area contributed by atoms with Crippen LogP contribution in [0.2, 0.25) is 0 Å². The molecule has 0 aliphatic carbocycles. The fraction of sp³-hybridized carbons (Fsp3) is 0.250. The molecule has 0 bridgehead atoms. The summed E-state index contributed by atoms with van der Waals surface area (Å²) in [6.07, 6.45) is 2.43.